The lowest BCUT2D eigenvalue weighted by Gasteiger charge is -2.33. The van der Waals surface area contributed by atoms with Crippen LogP contribution in [0.25, 0.3) is 0 Å². The van der Waals surface area contributed by atoms with E-state index >= 15 is 0 Å². The normalized spacial score (nSPS) is 18.0. The molecule has 0 atom stereocenters. The second kappa shape index (κ2) is 6.61. The van der Waals surface area contributed by atoms with Gasteiger partial charge in [0, 0.05) is 37.9 Å². The number of nitrogens with zero attached hydrogens (tertiary/aromatic N) is 2. The summed E-state index contributed by atoms with van der Waals surface area (Å²) in [6.45, 7) is 3.42. The van der Waals surface area contributed by atoms with E-state index in [9.17, 15) is 18.4 Å². The van der Waals surface area contributed by atoms with E-state index in [1.165, 1.54) is 28.0 Å². The largest absolute Gasteiger partial charge is 0.586 e. The first-order valence-electron chi connectivity index (χ1n) is 7.75. The SMILES string of the molecule is CCOC(=O)N1CCN(C(=O)Nc2ccc3c(c2)OC(F)(F)O3)CC1. The standard InChI is InChI=1S/C15H17F2N3O5/c1-2-23-14(22)20-7-5-19(6-8-20)13(21)18-10-3-4-11-12(9-10)25-15(16,17)24-11/h3-4,9H,2,5-8H2,1H3,(H,18,21). The molecule has 1 aromatic carbocycles. The number of carbonyl (C=O) groups is 2. The quantitative estimate of drug-likeness (QED) is 0.879. The van der Waals surface area contributed by atoms with Crippen LogP contribution in [-0.2, 0) is 4.74 Å². The lowest BCUT2D eigenvalue weighted by Crippen LogP contribution is -2.51. The van der Waals surface area contributed by atoms with Gasteiger partial charge in [-0.25, -0.2) is 9.59 Å². The third kappa shape index (κ3) is 3.83. The number of alkyl halides is 2. The van der Waals surface area contributed by atoms with Crippen LogP contribution >= 0.6 is 0 Å². The molecule has 2 heterocycles. The summed E-state index contributed by atoms with van der Waals surface area (Å²) in [5.74, 6) is -0.235. The first-order valence-corrected chi connectivity index (χ1v) is 7.75. The van der Waals surface area contributed by atoms with Crippen molar-refractivity contribution in [2.45, 2.75) is 13.2 Å². The highest BCUT2D eigenvalue weighted by molar-refractivity contribution is 5.90. The molecule has 0 unspecified atom stereocenters. The minimum absolute atomic E-state index is 0.0916. The summed E-state index contributed by atoms with van der Waals surface area (Å²) in [4.78, 5) is 26.9. The second-order valence-corrected chi connectivity index (χ2v) is 5.43. The fourth-order valence-corrected chi connectivity index (χ4v) is 2.54. The molecule has 1 aromatic rings. The number of hydrogen-bond acceptors (Lipinski definition) is 5. The fourth-order valence-electron chi connectivity index (χ4n) is 2.54. The number of carbonyl (C=O) groups excluding carboxylic acids is 2. The Kier molecular flexibility index (Phi) is 4.51. The molecule has 1 saturated heterocycles. The molecule has 0 aliphatic carbocycles. The Morgan fingerprint density at radius 3 is 2.48 bits per heavy atom. The molecule has 2 aliphatic heterocycles. The van der Waals surface area contributed by atoms with Gasteiger partial charge >= 0.3 is 18.4 Å². The van der Waals surface area contributed by atoms with Crippen molar-refractivity contribution >= 4 is 17.8 Å². The zero-order chi connectivity index (χ0) is 18.0. The van der Waals surface area contributed by atoms with Gasteiger partial charge in [-0.3, -0.25) is 0 Å². The molecule has 8 nitrogen and oxygen atoms in total. The van der Waals surface area contributed by atoms with Gasteiger partial charge < -0.3 is 29.3 Å². The minimum atomic E-state index is -3.70. The van der Waals surface area contributed by atoms with Crippen molar-refractivity contribution in [2.24, 2.45) is 0 Å². The Bertz CT molecular complexity index is 677. The van der Waals surface area contributed by atoms with E-state index in [1.54, 1.807) is 6.92 Å². The fraction of sp³-hybridized carbons (Fsp3) is 0.467. The summed E-state index contributed by atoms with van der Waals surface area (Å²) >= 11 is 0. The zero-order valence-corrected chi connectivity index (χ0v) is 13.5. The number of benzene rings is 1. The van der Waals surface area contributed by atoms with E-state index in [-0.39, 0.29) is 11.5 Å². The van der Waals surface area contributed by atoms with Crippen molar-refractivity contribution in [2.75, 3.05) is 38.1 Å². The second-order valence-electron chi connectivity index (χ2n) is 5.43. The average molecular weight is 357 g/mol. The van der Waals surface area contributed by atoms with E-state index in [0.717, 1.165) is 0 Å². The van der Waals surface area contributed by atoms with Crippen LogP contribution in [0.2, 0.25) is 0 Å². The first kappa shape index (κ1) is 17.1. The Balaban J connectivity index is 1.55. The highest BCUT2D eigenvalue weighted by Gasteiger charge is 2.43. The predicted molar refractivity (Wildman–Crippen MR) is 81.8 cm³/mol. The number of hydrogen-bond donors (Lipinski definition) is 1. The third-order valence-electron chi connectivity index (χ3n) is 3.75. The number of piperazine rings is 1. The summed E-state index contributed by atoms with van der Waals surface area (Å²) in [7, 11) is 0. The zero-order valence-electron chi connectivity index (χ0n) is 13.5. The molecular weight excluding hydrogens is 340 g/mol. The van der Waals surface area contributed by atoms with Gasteiger partial charge in [0.2, 0.25) is 0 Å². The van der Waals surface area contributed by atoms with Gasteiger partial charge in [-0.15, -0.1) is 8.78 Å². The number of anilines is 1. The van der Waals surface area contributed by atoms with Gasteiger partial charge in [0.15, 0.2) is 11.5 Å². The van der Waals surface area contributed by atoms with Gasteiger partial charge in [-0.1, -0.05) is 0 Å². The molecular formula is C15H17F2N3O5. The number of ether oxygens (including phenoxy) is 3. The van der Waals surface area contributed by atoms with Crippen molar-refractivity contribution < 1.29 is 32.6 Å². The molecule has 0 aromatic heterocycles. The minimum Gasteiger partial charge on any atom is -0.450 e. The van der Waals surface area contributed by atoms with E-state index in [1.807, 2.05) is 0 Å². The number of amides is 3. The number of urea groups is 1. The summed E-state index contributed by atoms with van der Waals surface area (Å²) < 4.78 is 39.5. The molecule has 0 spiro atoms. The van der Waals surface area contributed by atoms with Crippen LogP contribution < -0.4 is 14.8 Å². The summed E-state index contributed by atoms with van der Waals surface area (Å²) in [5, 5.41) is 2.61. The number of nitrogens with one attached hydrogen (secondary N) is 1. The topological polar surface area (TPSA) is 80.3 Å². The van der Waals surface area contributed by atoms with E-state index in [2.05, 4.69) is 14.8 Å². The highest BCUT2D eigenvalue weighted by Crippen LogP contribution is 2.42. The Morgan fingerprint density at radius 2 is 1.80 bits per heavy atom. The Morgan fingerprint density at radius 1 is 1.16 bits per heavy atom. The Labute approximate surface area is 142 Å². The molecule has 10 heteroatoms. The van der Waals surface area contributed by atoms with Gasteiger partial charge in [0.05, 0.1) is 6.61 Å². The molecule has 0 bridgehead atoms. The summed E-state index contributed by atoms with van der Waals surface area (Å²) in [5.41, 5.74) is 0.304. The molecule has 0 radical (unpaired) electrons. The lowest BCUT2D eigenvalue weighted by molar-refractivity contribution is -0.286. The van der Waals surface area contributed by atoms with Gasteiger partial charge in [0.1, 0.15) is 0 Å². The molecule has 3 amide bonds. The number of halogens is 2. The van der Waals surface area contributed by atoms with Crippen molar-refractivity contribution in [3.63, 3.8) is 0 Å². The molecule has 1 N–H and O–H groups in total. The molecule has 3 rings (SSSR count). The van der Waals surface area contributed by atoms with Crippen molar-refractivity contribution in [1.82, 2.24) is 9.80 Å². The van der Waals surface area contributed by atoms with Gasteiger partial charge in [-0.2, -0.15) is 0 Å². The highest BCUT2D eigenvalue weighted by atomic mass is 19.3. The third-order valence-corrected chi connectivity index (χ3v) is 3.75. The number of fused-ring (bicyclic) bond motifs is 1. The maximum absolute atomic E-state index is 13.0. The molecule has 25 heavy (non-hydrogen) atoms. The van der Waals surface area contributed by atoms with Crippen LogP contribution in [0.4, 0.5) is 24.1 Å². The van der Waals surface area contributed by atoms with E-state index < -0.39 is 18.4 Å². The lowest BCUT2D eigenvalue weighted by atomic mass is 10.3. The molecule has 136 valence electrons. The predicted octanol–water partition coefficient (Wildman–Crippen LogP) is 2.31. The van der Waals surface area contributed by atoms with Gasteiger partial charge in [0.25, 0.3) is 0 Å². The smallest absolute Gasteiger partial charge is 0.450 e. The van der Waals surface area contributed by atoms with Crippen LogP contribution in [0, 0.1) is 0 Å². The molecule has 0 saturated carbocycles. The van der Waals surface area contributed by atoms with Crippen molar-refractivity contribution in [3.8, 4) is 11.5 Å². The van der Waals surface area contributed by atoms with E-state index in [0.29, 0.717) is 38.5 Å². The van der Waals surface area contributed by atoms with E-state index in [4.69, 9.17) is 4.74 Å². The van der Waals surface area contributed by atoms with Crippen LogP contribution in [0.5, 0.6) is 11.5 Å². The molecule has 1 fully saturated rings. The molecule has 2 aliphatic rings. The summed E-state index contributed by atoms with van der Waals surface area (Å²) in [6.07, 6.45) is -4.10. The summed E-state index contributed by atoms with van der Waals surface area (Å²) in [6, 6.07) is 3.61. The maximum atomic E-state index is 13.0. The van der Waals surface area contributed by atoms with Crippen LogP contribution in [0.3, 0.4) is 0 Å². The monoisotopic (exact) mass is 357 g/mol. The van der Waals surface area contributed by atoms with Crippen molar-refractivity contribution in [1.29, 1.82) is 0 Å². The maximum Gasteiger partial charge on any atom is 0.586 e. The first-order chi connectivity index (χ1) is 11.9. The van der Waals surface area contributed by atoms with Crippen molar-refractivity contribution in [3.05, 3.63) is 18.2 Å². The van der Waals surface area contributed by atoms with Crippen LogP contribution in [0.1, 0.15) is 6.92 Å². The number of rotatable bonds is 2. The van der Waals surface area contributed by atoms with Crippen LogP contribution in [-0.4, -0.2) is 61.0 Å². The average Bonchev–Trinajstić information content (AvgIpc) is 2.88. The Hall–Kier alpha value is -2.78. The van der Waals surface area contributed by atoms with Gasteiger partial charge in [-0.05, 0) is 19.1 Å². The van der Waals surface area contributed by atoms with Crippen LogP contribution in [0.15, 0.2) is 18.2 Å².